The van der Waals surface area contributed by atoms with Crippen LogP contribution in [0.25, 0.3) is 5.65 Å². The molecule has 0 spiro atoms. The maximum Gasteiger partial charge on any atom is 0.237 e. The van der Waals surface area contributed by atoms with Crippen LogP contribution in [0.2, 0.25) is 0 Å². The zero-order valence-electron chi connectivity index (χ0n) is 10.7. The van der Waals surface area contributed by atoms with E-state index in [1.165, 1.54) is 0 Å². The van der Waals surface area contributed by atoms with Crippen molar-refractivity contribution in [1.29, 1.82) is 0 Å². The molecule has 2 aromatic heterocycles. The van der Waals surface area contributed by atoms with Gasteiger partial charge in [0.1, 0.15) is 5.82 Å². The lowest BCUT2D eigenvalue weighted by molar-refractivity contribution is -0.122. The summed E-state index contributed by atoms with van der Waals surface area (Å²) >= 11 is 0. The number of amides is 1. The highest BCUT2D eigenvalue weighted by atomic mass is 16.2. The highest BCUT2D eigenvalue weighted by Crippen LogP contribution is 2.05. The van der Waals surface area contributed by atoms with E-state index in [-0.39, 0.29) is 11.9 Å². The number of aromatic nitrogens is 3. The van der Waals surface area contributed by atoms with Gasteiger partial charge in [-0.25, -0.2) is 0 Å². The van der Waals surface area contributed by atoms with Gasteiger partial charge in [0.25, 0.3) is 0 Å². The van der Waals surface area contributed by atoms with Gasteiger partial charge < -0.3 is 10.6 Å². The second-order valence-corrected chi connectivity index (χ2v) is 4.74. The Balaban J connectivity index is 1.56. The molecule has 1 fully saturated rings. The standard InChI is InChI=1S/C13H17N5O/c19-13(10-4-3-7-14-10)15-8-6-12-17-16-11-5-1-2-9-18(11)12/h1-2,5,9-10,14H,3-4,6-8H2,(H,15,19)/t10-/m1/s1. The van der Waals surface area contributed by atoms with Crippen LogP contribution in [0.3, 0.4) is 0 Å². The van der Waals surface area contributed by atoms with E-state index in [1.807, 2.05) is 28.8 Å². The quantitative estimate of drug-likeness (QED) is 0.819. The van der Waals surface area contributed by atoms with E-state index in [9.17, 15) is 4.79 Å². The lowest BCUT2D eigenvalue weighted by Gasteiger charge is -2.10. The summed E-state index contributed by atoms with van der Waals surface area (Å²) in [6.07, 6.45) is 4.63. The number of pyridine rings is 1. The first-order valence-corrected chi connectivity index (χ1v) is 6.64. The van der Waals surface area contributed by atoms with Gasteiger partial charge in [0.15, 0.2) is 5.65 Å². The summed E-state index contributed by atoms with van der Waals surface area (Å²) in [5.74, 6) is 0.960. The molecule has 0 aromatic carbocycles. The van der Waals surface area contributed by atoms with Crippen LogP contribution < -0.4 is 10.6 Å². The van der Waals surface area contributed by atoms with Crippen LogP contribution >= 0.6 is 0 Å². The summed E-state index contributed by atoms with van der Waals surface area (Å²) in [7, 11) is 0. The van der Waals surface area contributed by atoms with Crippen LogP contribution in [0.15, 0.2) is 24.4 Å². The Morgan fingerprint density at radius 2 is 2.42 bits per heavy atom. The van der Waals surface area contributed by atoms with E-state index in [4.69, 9.17) is 0 Å². The van der Waals surface area contributed by atoms with E-state index >= 15 is 0 Å². The fourth-order valence-electron chi connectivity index (χ4n) is 2.39. The van der Waals surface area contributed by atoms with Crippen molar-refractivity contribution >= 4 is 11.6 Å². The molecule has 1 aliphatic rings. The van der Waals surface area contributed by atoms with Gasteiger partial charge in [0, 0.05) is 19.2 Å². The molecule has 3 rings (SSSR count). The third kappa shape index (κ3) is 2.58. The Morgan fingerprint density at radius 1 is 1.47 bits per heavy atom. The second kappa shape index (κ2) is 5.36. The molecule has 0 radical (unpaired) electrons. The SMILES string of the molecule is O=C(NCCc1nnc2ccccn12)[C@H]1CCCN1. The van der Waals surface area contributed by atoms with E-state index in [0.29, 0.717) is 13.0 Å². The Bertz CT molecular complexity index is 573. The third-order valence-electron chi connectivity index (χ3n) is 3.41. The smallest absolute Gasteiger partial charge is 0.237 e. The first kappa shape index (κ1) is 12.1. The summed E-state index contributed by atoms with van der Waals surface area (Å²) in [5, 5.41) is 14.3. The average Bonchev–Trinajstić information content (AvgIpc) is 3.08. The molecule has 2 aromatic rings. The van der Waals surface area contributed by atoms with E-state index in [1.54, 1.807) is 0 Å². The lowest BCUT2D eigenvalue weighted by Crippen LogP contribution is -2.41. The van der Waals surface area contributed by atoms with Crippen molar-refractivity contribution in [2.24, 2.45) is 0 Å². The molecule has 6 heteroatoms. The number of rotatable bonds is 4. The van der Waals surface area contributed by atoms with E-state index < -0.39 is 0 Å². The van der Waals surface area contributed by atoms with Crippen molar-refractivity contribution in [3.8, 4) is 0 Å². The van der Waals surface area contributed by atoms with Crippen LogP contribution in [0, 0.1) is 0 Å². The second-order valence-electron chi connectivity index (χ2n) is 4.74. The van der Waals surface area contributed by atoms with Crippen LogP contribution in [-0.2, 0) is 11.2 Å². The van der Waals surface area contributed by atoms with Gasteiger partial charge in [-0.2, -0.15) is 0 Å². The van der Waals surface area contributed by atoms with Gasteiger partial charge in [-0.15, -0.1) is 10.2 Å². The first-order chi connectivity index (χ1) is 9.34. The van der Waals surface area contributed by atoms with Crippen molar-refractivity contribution in [2.75, 3.05) is 13.1 Å². The number of nitrogens with zero attached hydrogens (tertiary/aromatic N) is 3. The molecule has 100 valence electrons. The molecule has 0 bridgehead atoms. The lowest BCUT2D eigenvalue weighted by atomic mass is 10.2. The number of hydrogen-bond acceptors (Lipinski definition) is 4. The molecule has 1 amide bonds. The van der Waals surface area contributed by atoms with Crippen LogP contribution in [0.1, 0.15) is 18.7 Å². The largest absolute Gasteiger partial charge is 0.354 e. The Hall–Kier alpha value is -1.95. The van der Waals surface area contributed by atoms with Crippen LogP contribution in [-0.4, -0.2) is 39.6 Å². The minimum absolute atomic E-state index is 0.0184. The molecule has 2 N–H and O–H groups in total. The van der Waals surface area contributed by atoms with Crippen molar-refractivity contribution in [2.45, 2.75) is 25.3 Å². The predicted molar refractivity (Wildman–Crippen MR) is 70.7 cm³/mol. The Kier molecular flexibility index (Phi) is 3.41. The molecular weight excluding hydrogens is 242 g/mol. The van der Waals surface area contributed by atoms with Crippen LogP contribution in [0.5, 0.6) is 0 Å². The van der Waals surface area contributed by atoms with Gasteiger partial charge in [0.2, 0.25) is 5.91 Å². The third-order valence-corrected chi connectivity index (χ3v) is 3.41. The highest BCUT2D eigenvalue weighted by Gasteiger charge is 2.21. The average molecular weight is 259 g/mol. The number of carbonyl (C=O) groups excluding carboxylic acids is 1. The topological polar surface area (TPSA) is 71.3 Å². The van der Waals surface area contributed by atoms with Gasteiger partial charge in [0.05, 0.1) is 6.04 Å². The van der Waals surface area contributed by atoms with Gasteiger partial charge in [-0.05, 0) is 31.5 Å². The number of fused-ring (bicyclic) bond motifs is 1. The summed E-state index contributed by atoms with van der Waals surface area (Å²) in [4.78, 5) is 11.8. The summed E-state index contributed by atoms with van der Waals surface area (Å²) in [5.41, 5.74) is 0.835. The van der Waals surface area contributed by atoms with Gasteiger partial charge in [-0.3, -0.25) is 9.20 Å². The van der Waals surface area contributed by atoms with Gasteiger partial charge >= 0.3 is 0 Å². The van der Waals surface area contributed by atoms with E-state index in [0.717, 1.165) is 30.9 Å². The molecule has 0 saturated carbocycles. The predicted octanol–water partition coefficient (Wildman–Crippen LogP) is 0.140. The molecule has 1 aliphatic heterocycles. The Morgan fingerprint density at radius 3 is 3.26 bits per heavy atom. The van der Waals surface area contributed by atoms with Crippen molar-refractivity contribution in [3.05, 3.63) is 30.2 Å². The van der Waals surface area contributed by atoms with Crippen molar-refractivity contribution in [1.82, 2.24) is 25.2 Å². The number of hydrogen-bond donors (Lipinski definition) is 2. The van der Waals surface area contributed by atoms with Gasteiger partial charge in [-0.1, -0.05) is 6.07 Å². The summed E-state index contributed by atoms with van der Waals surface area (Å²) < 4.78 is 1.94. The summed E-state index contributed by atoms with van der Waals surface area (Å²) in [6.45, 7) is 1.53. The zero-order chi connectivity index (χ0) is 13.1. The highest BCUT2D eigenvalue weighted by molar-refractivity contribution is 5.81. The fraction of sp³-hybridized carbons (Fsp3) is 0.462. The molecule has 19 heavy (non-hydrogen) atoms. The molecule has 1 atom stereocenters. The molecule has 3 heterocycles. The molecule has 1 saturated heterocycles. The minimum Gasteiger partial charge on any atom is -0.354 e. The maximum absolute atomic E-state index is 11.8. The number of nitrogens with one attached hydrogen (secondary N) is 2. The van der Waals surface area contributed by atoms with Crippen molar-refractivity contribution in [3.63, 3.8) is 0 Å². The van der Waals surface area contributed by atoms with Crippen LogP contribution in [0.4, 0.5) is 0 Å². The Labute approximate surface area is 111 Å². The van der Waals surface area contributed by atoms with E-state index in [2.05, 4.69) is 20.8 Å². The van der Waals surface area contributed by atoms with Crippen molar-refractivity contribution < 1.29 is 4.79 Å². The minimum atomic E-state index is -0.0184. The molecular formula is C13H17N5O. The molecule has 0 unspecified atom stereocenters. The zero-order valence-corrected chi connectivity index (χ0v) is 10.7. The monoisotopic (exact) mass is 259 g/mol. The first-order valence-electron chi connectivity index (χ1n) is 6.64. The molecule has 6 nitrogen and oxygen atoms in total. The molecule has 0 aliphatic carbocycles. The normalized spacial score (nSPS) is 18.8. The fourth-order valence-corrected chi connectivity index (χ4v) is 2.39. The summed E-state index contributed by atoms with van der Waals surface area (Å²) in [6, 6.07) is 5.77. The number of carbonyl (C=O) groups is 1. The maximum atomic E-state index is 11.8.